The quantitative estimate of drug-likeness (QED) is 0.641. The summed E-state index contributed by atoms with van der Waals surface area (Å²) in [4.78, 5) is 16.9. The van der Waals surface area contributed by atoms with Crippen LogP contribution in [0.1, 0.15) is 12.5 Å². The number of nitrogens with zero attached hydrogens (tertiary/aromatic N) is 3. The van der Waals surface area contributed by atoms with Gasteiger partial charge in [0.05, 0.1) is 22.6 Å². The Kier molecular flexibility index (Phi) is 5.49. The van der Waals surface area contributed by atoms with Crippen molar-refractivity contribution in [1.82, 2.24) is 9.88 Å². The predicted molar refractivity (Wildman–Crippen MR) is 83.7 cm³/mol. The van der Waals surface area contributed by atoms with E-state index in [2.05, 4.69) is 38.1 Å². The van der Waals surface area contributed by atoms with Gasteiger partial charge >= 0.3 is 0 Å². The topological polar surface area (TPSA) is 80.5 Å². The van der Waals surface area contributed by atoms with Crippen LogP contribution in [0.3, 0.4) is 0 Å². The van der Waals surface area contributed by atoms with E-state index in [0.717, 1.165) is 32.8 Å². The molecule has 0 amide bonds. The first-order valence-electron chi connectivity index (χ1n) is 6.85. The molecule has 0 bridgehead atoms. The van der Waals surface area contributed by atoms with Gasteiger partial charge in [-0.25, -0.2) is 4.98 Å². The molecule has 0 saturated carbocycles. The molecule has 0 aliphatic carbocycles. The molecule has 0 aromatic carbocycles. The zero-order valence-corrected chi connectivity index (χ0v) is 13.7. The van der Waals surface area contributed by atoms with Crippen LogP contribution in [0.4, 0.5) is 11.5 Å². The summed E-state index contributed by atoms with van der Waals surface area (Å²) in [6, 6.07) is 0.188. The highest BCUT2D eigenvalue weighted by Gasteiger charge is 2.19. The highest BCUT2D eigenvalue weighted by atomic mass is 79.9. The number of anilines is 1. The molecule has 1 N–H and O–H groups in total. The highest BCUT2D eigenvalue weighted by molar-refractivity contribution is 9.10. The van der Waals surface area contributed by atoms with E-state index in [1.807, 2.05) is 0 Å². The summed E-state index contributed by atoms with van der Waals surface area (Å²) < 4.78 is 5.97. The van der Waals surface area contributed by atoms with E-state index in [4.69, 9.17) is 4.74 Å². The van der Waals surface area contributed by atoms with Crippen LogP contribution in [0, 0.1) is 17.0 Å². The molecule has 116 valence electrons. The van der Waals surface area contributed by atoms with Gasteiger partial charge in [-0.05, 0) is 29.8 Å². The normalized spacial score (nSPS) is 17.5. The van der Waals surface area contributed by atoms with E-state index >= 15 is 0 Å². The predicted octanol–water partition coefficient (Wildman–Crippen LogP) is 2.19. The Hall–Kier alpha value is -1.25. The maximum atomic E-state index is 10.9. The van der Waals surface area contributed by atoms with Gasteiger partial charge in [0.2, 0.25) is 0 Å². The van der Waals surface area contributed by atoms with Crippen LogP contribution in [-0.4, -0.2) is 53.7 Å². The molecule has 1 aliphatic heterocycles. The van der Waals surface area contributed by atoms with E-state index in [1.54, 1.807) is 6.92 Å². The van der Waals surface area contributed by atoms with Crippen molar-refractivity contribution in [3.05, 3.63) is 26.3 Å². The second-order valence-electron chi connectivity index (χ2n) is 5.15. The van der Waals surface area contributed by atoms with Crippen LogP contribution in [0.2, 0.25) is 0 Å². The summed E-state index contributed by atoms with van der Waals surface area (Å²) >= 11 is 3.39. The molecule has 1 fully saturated rings. The number of ether oxygens (including phenoxy) is 1. The third-order valence-corrected chi connectivity index (χ3v) is 4.42. The van der Waals surface area contributed by atoms with Gasteiger partial charge in [-0.3, -0.25) is 15.0 Å². The van der Waals surface area contributed by atoms with E-state index < -0.39 is 4.92 Å². The van der Waals surface area contributed by atoms with Crippen LogP contribution in [0.25, 0.3) is 0 Å². The van der Waals surface area contributed by atoms with Gasteiger partial charge in [0.15, 0.2) is 0 Å². The number of aromatic nitrogens is 1. The van der Waals surface area contributed by atoms with E-state index in [1.165, 1.54) is 6.20 Å². The molecule has 21 heavy (non-hydrogen) atoms. The lowest BCUT2D eigenvalue weighted by Gasteiger charge is -2.29. The molecule has 0 spiro atoms. The van der Waals surface area contributed by atoms with Crippen LogP contribution >= 0.6 is 15.9 Å². The van der Waals surface area contributed by atoms with E-state index in [-0.39, 0.29) is 11.7 Å². The number of halogens is 1. The van der Waals surface area contributed by atoms with Gasteiger partial charge in [0.1, 0.15) is 12.0 Å². The van der Waals surface area contributed by atoms with Crippen molar-refractivity contribution < 1.29 is 9.66 Å². The van der Waals surface area contributed by atoms with Crippen molar-refractivity contribution in [2.24, 2.45) is 0 Å². The lowest BCUT2D eigenvalue weighted by molar-refractivity contribution is -0.385. The first-order valence-corrected chi connectivity index (χ1v) is 7.64. The number of nitro groups is 1. The fraction of sp³-hybridized carbons (Fsp3) is 0.615. The average Bonchev–Trinajstić information content (AvgIpc) is 2.44. The largest absolute Gasteiger partial charge is 0.379 e. The number of rotatable bonds is 5. The standard InChI is InChI=1S/C13H19BrN4O3/c1-9(8-17-3-5-21-6-4-17)16-13-12(14)10(2)11(7-15-13)18(19)20/h7,9H,3-6,8H2,1-2H3,(H,15,16). The molecule has 1 aromatic heterocycles. The van der Waals surface area contributed by atoms with E-state index in [9.17, 15) is 10.1 Å². The summed E-state index contributed by atoms with van der Waals surface area (Å²) in [5, 5.41) is 14.2. The number of nitrogens with one attached hydrogen (secondary N) is 1. The van der Waals surface area contributed by atoms with Gasteiger partial charge in [-0.1, -0.05) is 0 Å². The molecule has 1 atom stereocenters. The van der Waals surface area contributed by atoms with Crippen molar-refractivity contribution in [3.8, 4) is 0 Å². The smallest absolute Gasteiger partial charge is 0.291 e. The number of hydrogen-bond donors (Lipinski definition) is 1. The minimum absolute atomic E-state index is 0.0215. The van der Waals surface area contributed by atoms with Crippen LogP contribution in [0.15, 0.2) is 10.7 Å². The molecular formula is C13H19BrN4O3. The van der Waals surface area contributed by atoms with Gasteiger partial charge in [-0.15, -0.1) is 0 Å². The molecule has 2 heterocycles. The first-order chi connectivity index (χ1) is 9.99. The fourth-order valence-corrected chi connectivity index (χ4v) is 2.72. The molecule has 1 aliphatic rings. The van der Waals surface area contributed by atoms with Gasteiger partial charge in [-0.2, -0.15) is 0 Å². The first kappa shape index (κ1) is 16.1. The van der Waals surface area contributed by atoms with Gasteiger partial charge < -0.3 is 10.1 Å². The average molecular weight is 359 g/mol. The molecule has 7 nitrogen and oxygen atoms in total. The Morgan fingerprint density at radius 3 is 2.86 bits per heavy atom. The fourth-order valence-electron chi connectivity index (χ4n) is 2.30. The van der Waals surface area contributed by atoms with Crippen molar-refractivity contribution in [2.45, 2.75) is 19.9 Å². The molecule has 0 radical (unpaired) electrons. The summed E-state index contributed by atoms with van der Waals surface area (Å²) in [5.41, 5.74) is 0.601. The minimum atomic E-state index is -0.423. The second-order valence-corrected chi connectivity index (χ2v) is 5.94. The van der Waals surface area contributed by atoms with Crippen molar-refractivity contribution in [3.63, 3.8) is 0 Å². The van der Waals surface area contributed by atoms with Crippen molar-refractivity contribution >= 4 is 27.4 Å². The van der Waals surface area contributed by atoms with Crippen LogP contribution in [0.5, 0.6) is 0 Å². The Labute approximate surface area is 132 Å². The van der Waals surface area contributed by atoms with Crippen LogP contribution < -0.4 is 5.32 Å². The molecule has 1 aromatic rings. The minimum Gasteiger partial charge on any atom is -0.379 e. The lowest BCUT2D eigenvalue weighted by atomic mass is 10.2. The Bertz CT molecular complexity index is 520. The van der Waals surface area contributed by atoms with E-state index in [0.29, 0.717) is 15.9 Å². The number of hydrogen-bond acceptors (Lipinski definition) is 6. The Morgan fingerprint density at radius 1 is 1.57 bits per heavy atom. The number of pyridine rings is 1. The van der Waals surface area contributed by atoms with Gasteiger partial charge in [0, 0.05) is 31.2 Å². The third-order valence-electron chi connectivity index (χ3n) is 3.45. The Morgan fingerprint density at radius 2 is 2.24 bits per heavy atom. The SMILES string of the molecule is Cc1c([N+](=O)[O-])cnc(NC(C)CN2CCOCC2)c1Br. The second kappa shape index (κ2) is 7.15. The zero-order valence-electron chi connectivity index (χ0n) is 12.1. The van der Waals surface area contributed by atoms with Gasteiger partial charge in [0.25, 0.3) is 5.69 Å². The monoisotopic (exact) mass is 358 g/mol. The summed E-state index contributed by atoms with van der Waals surface area (Å²) in [5.74, 6) is 0.638. The Balaban J connectivity index is 2.01. The summed E-state index contributed by atoms with van der Waals surface area (Å²) in [6.45, 7) is 8.06. The number of morpholine rings is 1. The maximum Gasteiger partial charge on any atom is 0.291 e. The van der Waals surface area contributed by atoms with Crippen molar-refractivity contribution in [1.29, 1.82) is 0 Å². The highest BCUT2D eigenvalue weighted by Crippen LogP contribution is 2.30. The molecule has 1 saturated heterocycles. The summed E-state index contributed by atoms with van der Waals surface area (Å²) in [6.07, 6.45) is 1.30. The molecule has 1 unspecified atom stereocenters. The maximum absolute atomic E-state index is 10.9. The summed E-state index contributed by atoms with van der Waals surface area (Å²) in [7, 11) is 0. The molecule has 2 rings (SSSR count). The lowest BCUT2D eigenvalue weighted by Crippen LogP contribution is -2.42. The third kappa shape index (κ3) is 4.12. The molecule has 8 heteroatoms. The van der Waals surface area contributed by atoms with Crippen molar-refractivity contribution in [2.75, 3.05) is 38.2 Å². The zero-order chi connectivity index (χ0) is 15.4. The molecular weight excluding hydrogens is 340 g/mol. The van der Waals surface area contributed by atoms with Crippen LogP contribution in [-0.2, 0) is 4.74 Å².